The third kappa shape index (κ3) is 3.23. The monoisotopic (exact) mass is 274 g/mol. The van der Waals surface area contributed by atoms with E-state index in [0.29, 0.717) is 5.56 Å². The molecule has 1 aromatic heterocycles. The second-order valence-electron chi connectivity index (χ2n) is 4.39. The van der Waals surface area contributed by atoms with Crippen LogP contribution in [-0.2, 0) is 11.2 Å². The first kappa shape index (κ1) is 13.8. The van der Waals surface area contributed by atoms with E-state index in [9.17, 15) is 14.7 Å². The third-order valence-electron chi connectivity index (χ3n) is 2.84. The SMILES string of the molecule is Cc1cnoc1C(=O)NC(Cc1ccccc1)C(=O)O. The van der Waals surface area contributed by atoms with Crippen LogP contribution in [0.2, 0.25) is 0 Å². The van der Waals surface area contributed by atoms with Crippen LogP contribution >= 0.6 is 0 Å². The fourth-order valence-electron chi connectivity index (χ4n) is 1.78. The van der Waals surface area contributed by atoms with E-state index in [2.05, 4.69) is 10.5 Å². The Kier molecular flexibility index (Phi) is 4.14. The number of carboxylic acid groups (broad SMARTS) is 1. The van der Waals surface area contributed by atoms with Gasteiger partial charge in [0.05, 0.1) is 6.20 Å². The zero-order chi connectivity index (χ0) is 14.5. The van der Waals surface area contributed by atoms with Crippen LogP contribution < -0.4 is 5.32 Å². The zero-order valence-corrected chi connectivity index (χ0v) is 10.9. The van der Waals surface area contributed by atoms with E-state index in [-0.39, 0.29) is 12.2 Å². The molecule has 1 unspecified atom stereocenters. The van der Waals surface area contributed by atoms with E-state index < -0.39 is 17.9 Å². The number of aromatic nitrogens is 1. The number of benzene rings is 1. The number of hydrogen-bond donors (Lipinski definition) is 2. The largest absolute Gasteiger partial charge is 0.480 e. The first-order valence-electron chi connectivity index (χ1n) is 6.07. The lowest BCUT2D eigenvalue weighted by molar-refractivity contribution is -0.139. The maximum absolute atomic E-state index is 11.9. The van der Waals surface area contributed by atoms with Gasteiger partial charge in [0.1, 0.15) is 6.04 Å². The predicted molar refractivity (Wildman–Crippen MR) is 70.3 cm³/mol. The Labute approximate surface area is 115 Å². The molecule has 1 heterocycles. The van der Waals surface area contributed by atoms with Crippen LogP contribution in [0.1, 0.15) is 21.7 Å². The van der Waals surface area contributed by atoms with Crippen LogP contribution in [0, 0.1) is 6.92 Å². The number of hydrogen-bond acceptors (Lipinski definition) is 4. The van der Waals surface area contributed by atoms with Crippen molar-refractivity contribution in [2.24, 2.45) is 0 Å². The highest BCUT2D eigenvalue weighted by atomic mass is 16.5. The summed E-state index contributed by atoms with van der Waals surface area (Å²) < 4.78 is 4.80. The highest BCUT2D eigenvalue weighted by Crippen LogP contribution is 2.08. The molecule has 6 heteroatoms. The molecule has 1 atom stereocenters. The molecule has 0 saturated carbocycles. The molecule has 0 bridgehead atoms. The Hall–Kier alpha value is -2.63. The summed E-state index contributed by atoms with van der Waals surface area (Å²) in [6, 6.07) is 8.07. The van der Waals surface area contributed by atoms with Gasteiger partial charge in [-0.1, -0.05) is 35.5 Å². The molecule has 1 aromatic carbocycles. The number of rotatable bonds is 5. The normalized spacial score (nSPS) is 11.8. The average molecular weight is 274 g/mol. The first-order valence-corrected chi connectivity index (χ1v) is 6.07. The summed E-state index contributed by atoms with van der Waals surface area (Å²) in [5.74, 6) is -1.65. The fraction of sp³-hybridized carbons (Fsp3) is 0.214. The Balaban J connectivity index is 2.09. The fourth-order valence-corrected chi connectivity index (χ4v) is 1.78. The Morgan fingerprint density at radius 2 is 2.05 bits per heavy atom. The summed E-state index contributed by atoms with van der Waals surface area (Å²) in [7, 11) is 0. The highest BCUT2D eigenvalue weighted by Gasteiger charge is 2.23. The van der Waals surface area contributed by atoms with Crippen molar-refractivity contribution >= 4 is 11.9 Å². The van der Waals surface area contributed by atoms with E-state index in [1.807, 2.05) is 30.3 Å². The van der Waals surface area contributed by atoms with Crippen molar-refractivity contribution in [1.29, 1.82) is 0 Å². The highest BCUT2D eigenvalue weighted by molar-refractivity contribution is 5.95. The minimum absolute atomic E-state index is 0.0318. The molecule has 104 valence electrons. The number of carboxylic acids is 1. The second-order valence-corrected chi connectivity index (χ2v) is 4.39. The zero-order valence-electron chi connectivity index (χ0n) is 10.9. The van der Waals surface area contributed by atoms with Gasteiger partial charge in [-0.2, -0.15) is 0 Å². The van der Waals surface area contributed by atoms with Crippen molar-refractivity contribution in [3.05, 3.63) is 53.4 Å². The number of aliphatic carboxylic acids is 1. The molecule has 0 spiro atoms. The van der Waals surface area contributed by atoms with Crippen LogP contribution in [0.25, 0.3) is 0 Å². The molecule has 0 aliphatic carbocycles. The van der Waals surface area contributed by atoms with Crippen molar-refractivity contribution in [3.63, 3.8) is 0 Å². The van der Waals surface area contributed by atoms with Gasteiger partial charge in [-0.15, -0.1) is 0 Å². The van der Waals surface area contributed by atoms with Crippen molar-refractivity contribution in [2.75, 3.05) is 0 Å². The van der Waals surface area contributed by atoms with E-state index in [4.69, 9.17) is 4.52 Å². The van der Waals surface area contributed by atoms with Gasteiger partial charge in [0, 0.05) is 12.0 Å². The van der Waals surface area contributed by atoms with Crippen molar-refractivity contribution in [3.8, 4) is 0 Å². The summed E-state index contributed by atoms with van der Waals surface area (Å²) in [6.45, 7) is 1.67. The first-order chi connectivity index (χ1) is 9.58. The lowest BCUT2D eigenvalue weighted by atomic mass is 10.1. The van der Waals surface area contributed by atoms with Crippen molar-refractivity contribution < 1.29 is 19.2 Å². The van der Waals surface area contributed by atoms with Gasteiger partial charge in [0.25, 0.3) is 5.91 Å². The van der Waals surface area contributed by atoms with E-state index >= 15 is 0 Å². The number of aryl methyl sites for hydroxylation is 1. The molecule has 0 radical (unpaired) electrons. The molecule has 2 aromatic rings. The quantitative estimate of drug-likeness (QED) is 0.860. The third-order valence-corrected chi connectivity index (χ3v) is 2.84. The minimum Gasteiger partial charge on any atom is -0.480 e. The summed E-state index contributed by atoms with van der Waals surface area (Å²) >= 11 is 0. The van der Waals surface area contributed by atoms with Crippen LogP contribution in [0.3, 0.4) is 0 Å². The van der Waals surface area contributed by atoms with Crippen LogP contribution in [-0.4, -0.2) is 28.2 Å². The number of carbonyl (C=O) groups excluding carboxylic acids is 1. The van der Waals surface area contributed by atoms with Crippen molar-refractivity contribution in [1.82, 2.24) is 10.5 Å². The van der Waals surface area contributed by atoms with Crippen LogP contribution in [0.5, 0.6) is 0 Å². The molecule has 0 saturated heterocycles. The summed E-state index contributed by atoms with van der Waals surface area (Å²) in [5.41, 5.74) is 1.39. The number of nitrogens with zero attached hydrogens (tertiary/aromatic N) is 1. The van der Waals surface area contributed by atoms with Gasteiger partial charge in [0.2, 0.25) is 5.76 Å². The standard InChI is InChI=1S/C14H14N2O4/c1-9-8-15-20-12(9)13(17)16-11(14(18)19)7-10-5-3-2-4-6-10/h2-6,8,11H,7H2,1H3,(H,16,17)(H,18,19). The summed E-state index contributed by atoms with van der Waals surface area (Å²) in [4.78, 5) is 23.2. The van der Waals surface area contributed by atoms with Crippen LogP contribution in [0.4, 0.5) is 0 Å². The Morgan fingerprint density at radius 1 is 1.35 bits per heavy atom. The number of amides is 1. The Bertz CT molecular complexity index is 607. The van der Waals surface area contributed by atoms with Gasteiger partial charge in [-0.05, 0) is 12.5 Å². The molecular formula is C14H14N2O4. The van der Waals surface area contributed by atoms with E-state index in [1.165, 1.54) is 6.20 Å². The summed E-state index contributed by atoms with van der Waals surface area (Å²) in [5, 5.41) is 15.1. The predicted octanol–water partition coefficient (Wildman–Crippen LogP) is 1.41. The van der Waals surface area contributed by atoms with Gasteiger partial charge < -0.3 is 14.9 Å². The molecule has 2 N–H and O–H groups in total. The molecule has 20 heavy (non-hydrogen) atoms. The second kappa shape index (κ2) is 6.01. The topological polar surface area (TPSA) is 92.4 Å². The van der Waals surface area contributed by atoms with Crippen LogP contribution in [0.15, 0.2) is 41.1 Å². The van der Waals surface area contributed by atoms with Gasteiger partial charge in [-0.3, -0.25) is 4.79 Å². The van der Waals surface area contributed by atoms with Gasteiger partial charge in [0.15, 0.2) is 0 Å². The van der Waals surface area contributed by atoms with Gasteiger partial charge >= 0.3 is 5.97 Å². The molecule has 0 aliphatic rings. The maximum Gasteiger partial charge on any atom is 0.326 e. The van der Waals surface area contributed by atoms with Crippen molar-refractivity contribution in [2.45, 2.75) is 19.4 Å². The minimum atomic E-state index is -1.10. The van der Waals surface area contributed by atoms with E-state index in [1.54, 1.807) is 6.92 Å². The lowest BCUT2D eigenvalue weighted by Crippen LogP contribution is -2.42. The molecule has 2 rings (SSSR count). The van der Waals surface area contributed by atoms with E-state index in [0.717, 1.165) is 5.56 Å². The molecule has 0 aliphatic heterocycles. The molecule has 1 amide bonds. The average Bonchev–Trinajstić information content (AvgIpc) is 2.85. The maximum atomic E-state index is 11.9. The lowest BCUT2D eigenvalue weighted by Gasteiger charge is -2.13. The smallest absolute Gasteiger partial charge is 0.326 e. The number of carbonyl (C=O) groups is 2. The number of nitrogens with one attached hydrogen (secondary N) is 1. The Morgan fingerprint density at radius 3 is 2.60 bits per heavy atom. The summed E-state index contributed by atoms with van der Waals surface area (Å²) in [6.07, 6.45) is 1.61. The molecule has 0 fully saturated rings. The molecular weight excluding hydrogens is 260 g/mol. The molecule has 6 nitrogen and oxygen atoms in total. The van der Waals surface area contributed by atoms with Gasteiger partial charge in [-0.25, -0.2) is 4.79 Å².